The van der Waals surface area contributed by atoms with Crippen molar-refractivity contribution in [1.29, 1.82) is 0 Å². The average Bonchev–Trinajstić information content (AvgIpc) is 2.67. The van der Waals surface area contributed by atoms with E-state index in [0.717, 1.165) is 5.56 Å². The molecule has 2 aromatic rings. The minimum Gasteiger partial charge on any atom is -0.439 e. The molecule has 2 rings (SSSR count). The van der Waals surface area contributed by atoms with Gasteiger partial charge in [-0.05, 0) is 24.3 Å². The molecule has 0 aliphatic carbocycles. The Kier molecular flexibility index (Phi) is 3.82. The van der Waals surface area contributed by atoms with Gasteiger partial charge in [-0.25, -0.2) is 9.37 Å². The summed E-state index contributed by atoms with van der Waals surface area (Å²) in [6, 6.07) is 6.02. The zero-order valence-corrected chi connectivity index (χ0v) is 8.63. The molecule has 1 heterocycles. The number of benzene rings is 1. The van der Waals surface area contributed by atoms with E-state index in [9.17, 15) is 4.39 Å². The van der Waals surface area contributed by atoms with Crippen LogP contribution in [0.2, 0.25) is 0 Å². The number of halogens is 2. The number of hydrogen-bond acceptors (Lipinski definition) is 3. The van der Waals surface area contributed by atoms with E-state index >= 15 is 0 Å². The molecule has 0 aliphatic heterocycles. The Hall–Kier alpha value is -1.39. The second-order valence-corrected chi connectivity index (χ2v) is 2.83. The van der Waals surface area contributed by atoms with Crippen molar-refractivity contribution in [1.82, 2.24) is 4.98 Å². The van der Waals surface area contributed by atoms with Gasteiger partial charge < -0.3 is 10.2 Å². The van der Waals surface area contributed by atoms with E-state index in [1.807, 2.05) is 0 Å². The van der Waals surface area contributed by atoms with Crippen molar-refractivity contribution in [3.05, 3.63) is 42.2 Å². The lowest BCUT2D eigenvalue weighted by Gasteiger charge is -1.94. The van der Waals surface area contributed by atoms with Crippen LogP contribution in [0.15, 0.2) is 34.9 Å². The van der Waals surface area contributed by atoms with Crippen molar-refractivity contribution in [2.75, 3.05) is 0 Å². The maximum atomic E-state index is 12.6. The quantitative estimate of drug-likeness (QED) is 0.859. The van der Waals surface area contributed by atoms with E-state index in [1.54, 1.807) is 18.3 Å². The number of hydrogen-bond donors (Lipinski definition) is 1. The highest BCUT2D eigenvalue weighted by molar-refractivity contribution is 5.85. The Balaban J connectivity index is 0.00000112. The first kappa shape index (κ1) is 11.7. The smallest absolute Gasteiger partial charge is 0.208 e. The number of nitrogens with two attached hydrogens (primary N) is 1. The van der Waals surface area contributed by atoms with Gasteiger partial charge in [0.05, 0.1) is 12.7 Å². The molecule has 0 fully saturated rings. The zero-order chi connectivity index (χ0) is 9.97. The molecule has 5 heteroatoms. The topological polar surface area (TPSA) is 52.0 Å². The monoisotopic (exact) mass is 228 g/mol. The predicted octanol–water partition coefficient (Wildman–Crippen LogP) is 2.36. The van der Waals surface area contributed by atoms with Crippen molar-refractivity contribution >= 4 is 12.4 Å². The van der Waals surface area contributed by atoms with Gasteiger partial charge in [0.25, 0.3) is 0 Å². The van der Waals surface area contributed by atoms with E-state index in [0.29, 0.717) is 11.7 Å². The fourth-order valence-corrected chi connectivity index (χ4v) is 1.15. The number of aromatic nitrogens is 1. The van der Waals surface area contributed by atoms with Gasteiger partial charge in [-0.1, -0.05) is 0 Å². The highest BCUT2D eigenvalue weighted by Crippen LogP contribution is 2.20. The van der Waals surface area contributed by atoms with E-state index in [-0.39, 0.29) is 24.8 Å². The van der Waals surface area contributed by atoms with Crippen LogP contribution >= 0.6 is 12.4 Å². The Morgan fingerprint density at radius 1 is 1.27 bits per heavy atom. The summed E-state index contributed by atoms with van der Waals surface area (Å²) in [5.41, 5.74) is 6.14. The number of oxazole rings is 1. The van der Waals surface area contributed by atoms with Crippen LogP contribution in [-0.2, 0) is 6.54 Å². The van der Waals surface area contributed by atoms with Gasteiger partial charge in [0.15, 0.2) is 5.76 Å². The van der Waals surface area contributed by atoms with Crippen LogP contribution in [0.1, 0.15) is 5.89 Å². The summed E-state index contributed by atoms with van der Waals surface area (Å²) in [4.78, 5) is 3.95. The molecule has 2 N–H and O–H groups in total. The molecule has 3 nitrogen and oxygen atoms in total. The van der Waals surface area contributed by atoms with Gasteiger partial charge >= 0.3 is 0 Å². The minimum absolute atomic E-state index is 0. The molecular formula is C10H10ClFN2O. The molecule has 0 atom stereocenters. The van der Waals surface area contributed by atoms with Gasteiger partial charge in [0.1, 0.15) is 5.82 Å². The first-order valence-corrected chi connectivity index (χ1v) is 4.20. The number of nitrogens with zero attached hydrogens (tertiary/aromatic N) is 1. The minimum atomic E-state index is -0.271. The molecule has 15 heavy (non-hydrogen) atoms. The average molecular weight is 229 g/mol. The Bertz CT molecular complexity index is 427. The Morgan fingerprint density at radius 3 is 2.47 bits per heavy atom. The number of rotatable bonds is 2. The molecule has 0 aliphatic rings. The molecule has 0 amide bonds. The summed E-state index contributed by atoms with van der Waals surface area (Å²) in [5.74, 6) is 0.807. The highest BCUT2D eigenvalue weighted by Gasteiger charge is 2.04. The van der Waals surface area contributed by atoms with E-state index in [4.69, 9.17) is 10.2 Å². The summed E-state index contributed by atoms with van der Waals surface area (Å²) in [7, 11) is 0. The van der Waals surface area contributed by atoms with Crippen molar-refractivity contribution in [3.63, 3.8) is 0 Å². The lowest BCUT2D eigenvalue weighted by Crippen LogP contribution is -1.94. The van der Waals surface area contributed by atoms with Crippen molar-refractivity contribution in [2.45, 2.75) is 6.54 Å². The Labute approximate surface area is 92.5 Å². The fourth-order valence-electron chi connectivity index (χ4n) is 1.15. The fraction of sp³-hybridized carbons (Fsp3) is 0.100. The van der Waals surface area contributed by atoms with Crippen LogP contribution in [-0.4, -0.2) is 4.98 Å². The third-order valence-electron chi connectivity index (χ3n) is 1.86. The van der Waals surface area contributed by atoms with Gasteiger partial charge in [0, 0.05) is 5.56 Å². The van der Waals surface area contributed by atoms with Crippen LogP contribution < -0.4 is 5.73 Å². The van der Waals surface area contributed by atoms with Gasteiger partial charge in [-0.2, -0.15) is 0 Å². The van der Waals surface area contributed by atoms with Gasteiger partial charge in [-0.3, -0.25) is 0 Å². The van der Waals surface area contributed by atoms with Crippen LogP contribution in [0.3, 0.4) is 0 Å². The summed E-state index contributed by atoms with van der Waals surface area (Å²) in [6.45, 7) is 0.265. The molecule has 1 aromatic carbocycles. The molecule has 0 saturated heterocycles. The molecule has 80 valence electrons. The van der Waals surface area contributed by atoms with Crippen LogP contribution in [0.5, 0.6) is 0 Å². The second kappa shape index (κ2) is 4.91. The molecule has 0 unspecified atom stereocenters. The SMILES string of the molecule is Cl.NCc1ncc(-c2ccc(F)cc2)o1. The second-order valence-electron chi connectivity index (χ2n) is 2.83. The summed E-state index contributed by atoms with van der Waals surface area (Å²) >= 11 is 0. The third-order valence-corrected chi connectivity index (χ3v) is 1.86. The molecule has 1 aromatic heterocycles. The van der Waals surface area contributed by atoms with Gasteiger partial charge in [-0.15, -0.1) is 12.4 Å². The summed E-state index contributed by atoms with van der Waals surface area (Å²) in [6.07, 6.45) is 1.58. The predicted molar refractivity (Wildman–Crippen MR) is 57.0 cm³/mol. The standard InChI is InChI=1S/C10H9FN2O.ClH/c11-8-3-1-7(2-4-8)9-6-13-10(5-12)14-9;/h1-4,6H,5,12H2;1H. The van der Waals surface area contributed by atoms with E-state index < -0.39 is 0 Å². The summed E-state index contributed by atoms with van der Waals surface area (Å²) in [5, 5.41) is 0. The van der Waals surface area contributed by atoms with Crippen LogP contribution in [0.25, 0.3) is 11.3 Å². The largest absolute Gasteiger partial charge is 0.439 e. The summed E-state index contributed by atoms with van der Waals surface area (Å²) < 4.78 is 17.9. The van der Waals surface area contributed by atoms with Crippen LogP contribution in [0.4, 0.5) is 4.39 Å². The van der Waals surface area contributed by atoms with E-state index in [1.165, 1.54) is 12.1 Å². The lowest BCUT2D eigenvalue weighted by atomic mass is 10.2. The van der Waals surface area contributed by atoms with Crippen molar-refractivity contribution in [3.8, 4) is 11.3 Å². The van der Waals surface area contributed by atoms with Crippen molar-refractivity contribution in [2.24, 2.45) is 5.73 Å². The lowest BCUT2D eigenvalue weighted by molar-refractivity contribution is 0.509. The molecule has 0 saturated carbocycles. The highest BCUT2D eigenvalue weighted by atomic mass is 35.5. The van der Waals surface area contributed by atoms with Crippen molar-refractivity contribution < 1.29 is 8.81 Å². The third kappa shape index (κ3) is 2.55. The molecule has 0 spiro atoms. The first-order chi connectivity index (χ1) is 6.79. The van der Waals surface area contributed by atoms with Crippen LogP contribution in [0, 0.1) is 5.82 Å². The maximum Gasteiger partial charge on any atom is 0.208 e. The zero-order valence-electron chi connectivity index (χ0n) is 7.81. The first-order valence-electron chi connectivity index (χ1n) is 4.20. The van der Waals surface area contributed by atoms with E-state index in [2.05, 4.69) is 4.98 Å². The Morgan fingerprint density at radius 2 is 1.93 bits per heavy atom. The molecule has 0 bridgehead atoms. The normalized spacial score (nSPS) is 9.73. The molecular weight excluding hydrogens is 219 g/mol. The van der Waals surface area contributed by atoms with Gasteiger partial charge in [0.2, 0.25) is 5.89 Å². The maximum absolute atomic E-state index is 12.6. The molecule has 0 radical (unpaired) electrons.